The zero-order chi connectivity index (χ0) is 32.0. The van der Waals surface area contributed by atoms with Gasteiger partial charge in [0.2, 0.25) is 5.91 Å². The van der Waals surface area contributed by atoms with E-state index in [9.17, 15) is 9.59 Å². The molecule has 45 heavy (non-hydrogen) atoms. The molecule has 0 spiro atoms. The van der Waals surface area contributed by atoms with Crippen molar-refractivity contribution in [2.45, 2.75) is 52.4 Å². The molecule has 2 amide bonds. The highest BCUT2D eigenvalue weighted by molar-refractivity contribution is 7.80. The van der Waals surface area contributed by atoms with Crippen LogP contribution in [0.3, 0.4) is 0 Å². The number of anilines is 1. The molecule has 2 N–H and O–H groups in total. The molecule has 4 nitrogen and oxygen atoms in total. The van der Waals surface area contributed by atoms with E-state index >= 15 is 0 Å². The number of rotatable bonds is 10. The van der Waals surface area contributed by atoms with Crippen molar-refractivity contribution < 1.29 is 9.59 Å². The summed E-state index contributed by atoms with van der Waals surface area (Å²) in [4.78, 5) is 26.3. The quantitative estimate of drug-likeness (QED) is 0.152. The Morgan fingerprint density at radius 2 is 1.60 bits per heavy atom. The topological polar surface area (TPSA) is 58.2 Å². The second kappa shape index (κ2) is 14.5. The number of amides is 2. The lowest BCUT2D eigenvalue weighted by atomic mass is 9.77. The van der Waals surface area contributed by atoms with Gasteiger partial charge in [0.15, 0.2) is 0 Å². The van der Waals surface area contributed by atoms with Crippen molar-refractivity contribution in [3.8, 4) is 11.1 Å². The van der Waals surface area contributed by atoms with Gasteiger partial charge in [0.1, 0.15) is 0 Å². The highest BCUT2D eigenvalue weighted by atomic mass is 35.5. The van der Waals surface area contributed by atoms with E-state index in [0.29, 0.717) is 34.7 Å². The van der Waals surface area contributed by atoms with E-state index in [1.165, 1.54) is 17.6 Å². The molecule has 0 saturated heterocycles. The Balaban J connectivity index is 1.37. The molecule has 1 aliphatic rings. The minimum atomic E-state index is -0.416. The maximum atomic E-state index is 13.9. The molecule has 5 rings (SSSR count). The highest BCUT2D eigenvalue weighted by Gasteiger charge is 2.24. The number of thiol groups is 1. The molecule has 1 unspecified atom stereocenters. The molecule has 0 aromatic heterocycles. The second-order valence-electron chi connectivity index (χ2n) is 12.7. The number of hydrogen-bond acceptors (Lipinski definition) is 3. The third-order valence-electron chi connectivity index (χ3n) is 8.68. The number of benzene rings is 4. The minimum absolute atomic E-state index is 0.0765. The van der Waals surface area contributed by atoms with Crippen molar-refractivity contribution in [2.24, 2.45) is 5.41 Å². The standard InChI is InChI=1S/C39H41ClN2O2S/c1-26-24-33(40)14-17-35(26)30-12-15-34(16-13-30)42-38(44)36(25-27-4-6-32(7-5-27)37(43)41-22-23-45)31-10-8-28(9-11-31)29-18-20-39(2,3)21-19-29/h4-18,24,36,45H,19-23,25H2,1-3H3,(H,41,43)(H,42,44). The Kier molecular flexibility index (Phi) is 10.5. The molecular formula is C39H41ClN2O2S. The number of halogens is 1. The average molecular weight is 637 g/mol. The van der Waals surface area contributed by atoms with Crippen molar-refractivity contribution in [1.82, 2.24) is 5.32 Å². The van der Waals surface area contributed by atoms with Gasteiger partial charge in [-0.15, -0.1) is 0 Å². The number of allylic oxidation sites excluding steroid dienone is 2. The van der Waals surface area contributed by atoms with Crippen LogP contribution >= 0.6 is 24.2 Å². The first-order chi connectivity index (χ1) is 21.6. The number of aryl methyl sites for hydroxylation is 1. The van der Waals surface area contributed by atoms with Crippen LogP contribution in [0.2, 0.25) is 5.02 Å². The molecule has 1 atom stereocenters. The van der Waals surface area contributed by atoms with Crippen LogP contribution in [0.1, 0.15) is 71.6 Å². The molecule has 0 radical (unpaired) electrons. The largest absolute Gasteiger partial charge is 0.351 e. The Bertz CT molecular complexity index is 1680. The molecule has 0 aliphatic heterocycles. The summed E-state index contributed by atoms with van der Waals surface area (Å²) in [5.41, 5.74) is 9.48. The predicted octanol–water partition coefficient (Wildman–Crippen LogP) is 9.53. The second-order valence-corrected chi connectivity index (χ2v) is 13.6. The Labute approximate surface area is 277 Å². The van der Waals surface area contributed by atoms with Gasteiger partial charge in [0, 0.05) is 28.6 Å². The minimum Gasteiger partial charge on any atom is -0.351 e. The number of carbonyl (C=O) groups is 2. The van der Waals surface area contributed by atoms with E-state index in [2.05, 4.69) is 67.5 Å². The summed E-state index contributed by atoms with van der Waals surface area (Å²) in [6, 6.07) is 29.8. The van der Waals surface area contributed by atoms with Gasteiger partial charge in [-0.3, -0.25) is 9.59 Å². The lowest BCUT2D eigenvalue weighted by Crippen LogP contribution is -2.25. The van der Waals surface area contributed by atoms with E-state index in [0.717, 1.165) is 46.3 Å². The lowest BCUT2D eigenvalue weighted by Gasteiger charge is -2.28. The molecule has 4 aromatic carbocycles. The molecule has 1 aliphatic carbocycles. The summed E-state index contributed by atoms with van der Waals surface area (Å²) in [5, 5.41) is 6.72. The monoisotopic (exact) mass is 636 g/mol. The van der Waals surface area contributed by atoms with Crippen LogP contribution in [-0.4, -0.2) is 24.1 Å². The highest BCUT2D eigenvalue weighted by Crippen LogP contribution is 2.38. The van der Waals surface area contributed by atoms with Crippen LogP contribution in [0.4, 0.5) is 5.69 Å². The SMILES string of the molecule is Cc1cc(Cl)ccc1-c1ccc(NC(=O)C(Cc2ccc(C(=O)NCCS)cc2)c2ccc(C3=CCC(C)(C)CC3)cc2)cc1. The smallest absolute Gasteiger partial charge is 0.251 e. The van der Waals surface area contributed by atoms with Crippen LogP contribution in [0.25, 0.3) is 16.7 Å². The van der Waals surface area contributed by atoms with Crippen LogP contribution in [0.15, 0.2) is 97.1 Å². The van der Waals surface area contributed by atoms with Gasteiger partial charge in [-0.25, -0.2) is 0 Å². The maximum Gasteiger partial charge on any atom is 0.251 e. The zero-order valence-electron chi connectivity index (χ0n) is 26.2. The van der Waals surface area contributed by atoms with Gasteiger partial charge in [0.25, 0.3) is 5.91 Å². The van der Waals surface area contributed by atoms with Crippen molar-refractivity contribution >= 4 is 47.3 Å². The third-order valence-corrected chi connectivity index (χ3v) is 9.14. The van der Waals surface area contributed by atoms with Crippen molar-refractivity contribution in [3.05, 3.63) is 130 Å². The fourth-order valence-corrected chi connectivity index (χ4v) is 6.18. The Hall–Kier alpha value is -3.80. The van der Waals surface area contributed by atoms with E-state index in [-0.39, 0.29) is 11.8 Å². The summed E-state index contributed by atoms with van der Waals surface area (Å²) in [7, 11) is 0. The molecule has 4 aromatic rings. The predicted molar refractivity (Wildman–Crippen MR) is 191 cm³/mol. The van der Waals surface area contributed by atoms with E-state index < -0.39 is 5.92 Å². The summed E-state index contributed by atoms with van der Waals surface area (Å²) in [6.07, 6.45) is 6.18. The third kappa shape index (κ3) is 8.47. The summed E-state index contributed by atoms with van der Waals surface area (Å²) in [5.74, 6) is -0.0380. The number of carbonyl (C=O) groups excluding carboxylic acids is 2. The van der Waals surface area contributed by atoms with Gasteiger partial charge >= 0.3 is 0 Å². The molecule has 6 heteroatoms. The van der Waals surface area contributed by atoms with E-state index in [4.69, 9.17) is 11.6 Å². The van der Waals surface area contributed by atoms with Crippen LogP contribution in [-0.2, 0) is 11.2 Å². The van der Waals surface area contributed by atoms with Crippen LogP contribution < -0.4 is 10.6 Å². The lowest BCUT2D eigenvalue weighted by molar-refractivity contribution is -0.117. The van der Waals surface area contributed by atoms with Crippen molar-refractivity contribution in [2.75, 3.05) is 17.6 Å². The molecule has 0 bridgehead atoms. The summed E-state index contributed by atoms with van der Waals surface area (Å²) >= 11 is 10.3. The Morgan fingerprint density at radius 3 is 2.22 bits per heavy atom. The Morgan fingerprint density at radius 1 is 0.911 bits per heavy atom. The first-order valence-corrected chi connectivity index (χ1v) is 16.6. The molecule has 232 valence electrons. The number of hydrogen-bond donors (Lipinski definition) is 3. The molecule has 0 fully saturated rings. The fraction of sp³-hybridized carbons (Fsp3) is 0.282. The first kappa shape index (κ1) is 32.6. The van der Waals surface area contributed by atoms with E-state index in [1.54, 1.807) is 0 Å². The fourth-order valence-electron chi connectivity index (χ4n) is 5.84. The van der Waals surface area contributed by atoms with Gasteiger partial charge in [0.05, 0.1) is 5.92 Å². The summed E-state index contributed by atoms with van der Waals surface area (Å²) < 4.78 is 0. The molecule has 0 saturated carbocycles. The van der Waals surface area contributed by atoms with Crippen LogP contribution in [0, 0.1) is 12.3 Å². The van der Waals surface area contributed by atoms with Gasteiger partial charge in [-0.05, 0) is 113 Å². The first-order valence-electron chi connectivity index (χ1n) is 15.6. The van der Waals surface area contributed by atoms with Gasteiger partial charge in [-0.1, -0.05) is 86.1 Å². The summed E-state index contributed by atoms with van der Waals surface area (Å²) in [6.45, 7) is 7.19. The van der Waals surface area contributed by atoms with Crippen LogP contribution in [0.5, 0.6) is 0 Å². The zero-order valence-corrected chi connectivity index (χ0v) is 27.8. The maximum absolute atomic E-state index is 13.9. The number of nitrogens with one attached hydrogen (secondary N) is 2. The van der Waals surface area contributed by atoms with Gasteiger partial charge < -0.3 is 10.6 Å². The normalized spacial score (nSPS) is 14.7. The van der Waals surface area contributed by atoms with Crippen molar-refractivity contribution in [3.63, 3.8) is 0 Å². The molecular weight excluding hydrogens is 596 g/mol. The molecule has 0 heterocycles. The van der Waals surface area contributed by atoms with E-state index in [1.807, 2.05) is 73.7 Å². The van der Waals surface area contributed by atoms with Gasteiger partial charge in [-0.2, -0.15) is 12.6 Å². The van der Waals surface area contributed by atoms with Crippen molar-refractivity contribution in [1.29, 1.82) is 0 Å². The average Bonchev–Trinajstić information content (AvgIpc) is 3.03.